The summed E-state index contributed by atoms with van der Waals surface area (Å²) in [5.74, 6) is -0.274. The maximum atomic E-state index is 11.7. The Morgan fingerprint density at radius 3 is 2.60 bits per heavy atom. The number of esters is 1. The fraction of sp³-hybridized carbons (Fsp3) is 0.333. The highest BCUT2D eigenvalue weighted by atomic mass is 16.6. The average molecular weight is 278 g/mol. The van der Waals surface area contributed by atoms with Gasteiger partial charge in [0, 0.05) is 25.2 Å². The molecule has 0 spiro atoms. The summed E-state index contributed by atoms with van der Waals surface area (Å²) in [6.45, 7) is 3.53. The van der Waals surface area contributed by atoms with Gasteiger partial charge in [-0.25, -0.2) is 4.79 Å². The SMILES string of the molecule is CCOC(=O)/C(=N\Nc1ccc([N+](=O)[O-])cc1)N1CC1. The maximum Gasteiger partial charge on any atom is 0.375 e. The minimum absolute atomic E-state index is 0.00362. The van der Waals surface area contributed by atoms with Gasteiger partial charge >= 0.3 is 5.97 Å². The molecule has 0 atom stereocenters. The quantitative estimate of drug-likeness (QED) is 0.222. The topological polar surface area (TPSA) is 96.8 Å². The summed E-state index contributed by atoms with van der Waals surface area (Å²) in [6.07, 6.45) is 0. The molecule has 1 aromatic carbocycles. The van der Waals surface area contributed by atoms with Crippen molar-refractivity contribution < 1.29 is 14.5 Å². The van der Waals surface area contributed by atoms with Crippen LogP contribution in [0.1, 0.15) is 6.92 Å². The number of hydrogen-bond acceptors (Lipinski definition) is 6. The highest BCUT2D eigenvalue weighted by molar-refractivity contribution is 6.35. The van der Waals surface area contributed by atoms with Crippen molar-refractivity contribution in [3.05, 3.63) is 34.4 Å². The lowest BCUT2D eigenvalue weighted by Crippen LogP contribution is -2.26. The van der Waals surface area contributed by atoms with Crippen molar-refractivity contribution in [2.75, 3.05) is 25.1 Å². The van der Waals surface area contributed by atoms with Gasteiger partial charge in [0.15, 0.2) is 0 Å². The van der Waals surface area contributed by atoms with Crippen molar-refractivity contribution in [3.8, 4) is 0 Å². The lowest BCUT2D eigenvalue weighted by atomic mass is 10.3. The van der Waals surface area contributed by atoms with E-state index in [1.165, 1.54) is 24.3 Å². The first-order chi connectivity index (χ1) is 9.61. The van der Waals surface area contributed by atoms with Crippen molar-refractivity contribution in [2.45, 2.75) is 6.92 Å². The molecule has 1 saturated heterocycles. The second-order valence-corrected chi connectivity index (χ2v) is 4.06. The third-order valence-electron chi connectivity index (χ3n) is 2.57. The Balaban J connectivity index is 2.05. The van der Waals surface area contributed by atoms with Crippen LogP contribution in [0.2, 0.25) is 0 Å². The number of anilines is 1. The first kappa shape index (κ1) is 13.8. The van der Waals surface area contributed by atoms with Gasteiger partial charge in [0.2, 0.25) is 5.84 Å². The fourth-order valence-electron chi connectivity index (χ4n) is 1.48. The standard InChI is InChI=1S/C12H14N4O4/c1-2-20-12(17)11(15-7-8-15)14-13-9-3-5-10(6-4-9)16(18)19/h3-6,13H,2,7-8H2,1H3/b14-11+. The Morgan fingerprint density at radius 1 is 1.45 bits per heavy atom. The minimum atomic E-state index is -0.487. The molecule has 2 rings (SSSR count). The van der Waals surface area contributed by atoms with Gasteiger partial charge in [-0.15, -0.1) is 5.10 Å². The molecule has 20 heavy (non-hydrogen) atoms. The number of ether oxygens (including phenoxy) is 1. The molecule has 0 saturated carbocycles. The summed E-state index contributed by atoms with van der Waals surface area (Å²) < 4.78 is 4.90. The number of carbonyl (C=O) groups excluding carboxylic acids is 1. The Labute approximate surface area is 115 Å². The van der Waals surface area contributed by atoms with E-state index in [0.29, 0.717) is 5.69 Å². The van der Waals surface area contributed by atoms with Crippen LogP contribution in [-0.2, 0) is 9.53 Å². The second kappa shape index (κ2) is 6.00. The number of nitrogens with one attached hydrogen (secondary N) is 1. The monoisotopic (exact) mass is 278 g/mol. The fourth-order valence-corrected chi connectivity index (χ4v) is 1.48. The molecule has 106 valence electrons. The van der Waals surface area contributed by atoms with Gasteiger partial charge in [0.1, 0.15) is 0 Å². The van der Waals surface area contributed by atoms with E-state index in [1.54, 1.807) is 11.8 Å². The van der Waals surface area contributed by atoms with E-state index in [-0.39, 0.29) is 18.1 Å². The van der Waals surface area contributed by atoms with Crippen LogP contribution < -0.4 is 5.43 Å². The number of nitro benzene ring substituents is 1. The molecule has 0 bridgehead atoms. The molecule has 0 unspecified atom stereocenters. The van der Waals surface area contributed by atoms with Crippen molar-refractivity contribution in [1.82, 2.24) is 4.90 Å². The van der Waals surface area contributed by atoms with Crippen LogP contribution in [-0.4, -0.2) is 41.3 Å². The molecule has 1 aliphatic rings. The number of nitro groups is 1. The van der Waals surface area contributed by atoms with Gasteiger partial charge in [0.05, 0.1) is 17.2 Å². The van der Waals surface area contributed by atoms with E-state index < -0.39 is 10.9 Å². The van der Waals surface area contributed by atoms with Crippen LogP contribution in [0, 0.1) is 10.1 Å². The highest BCUT2D eigenvalue weighted by Crippen LogP contribution is 2.16. The van der Waals surface area contributed by atoms with Crippen LogP contribution in [0.25, 0.3) is 0 Å². The predicted molar refractivity (Wildman–Crippen MR) is 72.4 cm³/mol. The van der Waals surface area contributed by atoms with E-state index in [9.17, 15) is 14.9 Å². The molecular weight excluding hydrogens is 264 g/mol. The van der Waals surface area contributed by atoms with Crippen molar-refractivity contribution in [1.29, 1.82) is 0 Å². The molecule has 1 N–H and O–H groups in total. The van der Waals surface area contributed by atoms with E-state index in [0.717, 1.165) is 13.1 Å². The first-order valence-corrected chi connectivity index (χ1v) is 6.12. The number of non-ortho nitro benzene ring substituents is 1. The number of rotatable bonds is 4. The van der Waals surface area contributed by atoms with Gasteiger partial charge in [-0.05, 0) is 19.1 Å². The molecule has 0 radical (unpaired) electrons. The number of carbonyl (C=O) groups is 1. The number of hydrazone groups is 1. The van der Waals surface area contributed by atoms with Gasteiger partial charge < -0.3 is 9.64 Å². The zero-order valence-electron chi connectivity index (χ0n) is 10.9. The van der Waals surface area contributed by atoms with Crippen LogP contribution in [0.5, 0.6) is 0 Å². The summed E-state index contributed by atoms with van der Waals surface area (Å²) in [7, 11) is 0. The Bertz CT molecular complexity index is 537. The van der Waals surface area contributed by atoms with Crippen molar-refractivity contribution in [3.63, 3.8) is 0 Å². The number of amidine groups is 1. The lowest BCUT2D eigenvalue weighted by Gasteiger charge is -2.07. The molecular formula is C12H14N4O4. The summed E-state index contributed by atoms with van der Waals surface area (Å²) in [5, 5.41) is 14.5. The van der Waals surface area contributed by atoms with E-state index in [1.807, 2.05) is 0 Å². The third-order valence-corrected chi connectivity index (χ3v) is 2.57. The molecule has 8 nitrogen and oxygen atoms in total. The molecule has 1 aromatic rings. The maximum absolute atomic E-state index is 11.7. The largest absolute Gasteiger partial charge is 0.460 e. The molecule has 0 aromatic heterocycles. The molecule has 1 aliphatic heterocycles. The highest BCUT2D eigenvalue weighted by Gasteiger charge is 2.29. The molecule has 1 heterocycles. The molecule has 0 amide bonds. The van der Waals surface area contributed by atoms with Crippen LogP contribution >= 0.6 is 0 Å². The normalized spacial score (nSPS) is 13.8. The van der Waals surface area contributed by atoms with E-state index >= 15 is 0 Å². The number of hydrogen-bond donors (Lipinski definition) is 1. The van der Waals surface area contributed by atoms with Gasteiger partial charge in [-0.1, -0.05) is 0 Å². The minimum Gasteiger partial charge on any atom is -0.460 e. The second-order valence-electron chi connectivity index (χ2n) is 4.06. The first-order valence-electron chi connectivity index (χ1n) is 6.12. The van der Waals surface area contributed by atoms with E-state index in [2.05, 4.69) is 10.5 Å². The summed E-state index contributed by atoms with van der Waals surface area (Å²) in [6, 6.07) is 5.76. The Morgan fingerprint density at radius 2 is 2.10 bits per heavy atom. The van der Waals surface area contributed by atoms with Crippen molar-refractivity contribution >= 4 is 23.2 Å². The van der Waals surface area contributed by atoms with Crippen LogP contribution in [0.15, 0.2) is 29.4 Å². The van der Waals surface area contributed by atoms with Gasteiger partial charge in [-0.3, -0.25) is 15.5 Å². The average Bonchev–Trinajstić information content (AvgIpc) is 3.24. The number of nitrogens with zero attached hydrogens (tertiary/aromatic N) is 3. The lowest BCUT2D eigenvalue weighted by molar-refractivity contribution is -0.384. The molecule has 1 fully saturated rings. The third kappa shape index (κ3) is 3.44. The predicted octanol–water partition coefficient (Wildman–Crippen LogP) is 1.20. The van der Waals surface area contributed by atoms with E-state index in [4.69, 9.17) is 4.74 Å². The van der Waals surface area contributed by atoms with Gasteiger partial charge in [0.25, 0.3) is 5.69 Å². The number of benzene rings is 1. The Hall–Kier alpha value is -2.64. The van der Waals surface area contributed by atoms with Crippen LogP contribution in [0.4, 0.5) is 11.4 Å². The summed E-state index contributed by atoms with van der Waals surface area (Å²) in [4.78, 5) is 23.5. The molecule has 8 heteroatoms. The zero-order chi connectivity index (χ0) is 14.5. The van der Waals surface area contributed by atoms with Gasteiger partial charge in [-0.2, -0.15) is 0 Å². The Kier molecular flexibility index (Phi) is 4.14. The zero-order valence-corrected chi connectivity index (χ0v) is 10.9. The smallest absolute Gasteiger partial charge is 0.375 e. The summed E-state index contributed by atoms with van der Waals surface area (Å²) in [5.41, 5.74) is 3.25. The summed E-state index contributed by atoms with van der Waals surface area (Å²) >= 11 is 0. The molecule has 0 aliphatic carbocycles. The van der Waals surface area contributed by atoms with Crippen LogP contribution in [0.3, 0.4) is 0 Å². The van der Waals surface area contributed by atoms with Crippen molar-refractivity contribution in [2.24, 2.45) is 5.10 Å².